The first-order chi connectivity index (χ1) is 18.7. The molecule has 39 heavy (non-hydrogen) atoms. The first-order valence-corrected chi connectivity index (χ1v) is 13.5. The molecule has 4 aromatic rings. The van der Waals surface area contributed by atoms with E-state index in [9.17, 15) is 4.79 Å². The number of ether oxygens (including phenoxy) is 1. The number of aromatic nitrogens is 6. The van der Waals surface area contributed by atoms with Crippen LogP contribution in [-0.2, 0) is 4.74 Å². The van der Waals surface area contributed by atoms with E-state index in [2.05, 4.69) is 48.6 Å². The molecule has 3 aromatic heterocycles. The highest BCUT2D eigenvalue weighted by atomic mass is 16.6. The topological polar surface area (TPSA) is 113 Å². The smallest absolute Gasteiger partial charge is 0.410 e. The predicted octanol–water partition coefficient (Wildman–Crippen LogP) is 5.15. The number of anilines is 1. The molecule has 1 aromatic carbocycles. The molecule has 2 unspecified atom stereocenters. The van der Waals surface area contributed by atoms with Gasteiger partial charge in [0.05, 0.1) is 29.3 Å². The number of nitrogens with one attached hydrogen (secondary N) is 1. The summed E-state index contributed by atoms with van der Waals surface area (Å²) in [6, 6.07) is 10.9. The van der Waals surface area contributed by atoms with Gasteiger partial charge in [0.25, 0.3) is 0 Å². The SMILES string of the molecule is Cc1cc(-c2ccc(-c3ccc(N(C)C4CC5CCC(C4)N5C(=O)OC(C)(C)C)nn3)c3[nH]ncc23)cnn1. The second-order valence-corrected chi connectivity index (χ2v) is 11.7. The molecular weight excluding hydrogens is 492 g/mol. The number of carbonyl (C=O) groups excluding carboxylic acids is 1. The van der Waals surface area contributed by atoms with Gasteiger partial charge in [0, 0.05) is 41.7 Å². The Balaban J connectivity index is 1.20. The predicted molar refractivity (Wildman–Crippen MR) is 149 cm³/mol. The first-order valence-electron chi connectivity index (χ1n) is 13.5. The van der Waals surface area contributed by atoms with E-state index in [4.69, 9.17) is 4.74 Å². The second kappa shape index (κ2) is 9.59. The van der Waals surface area contributed by atoms with Crippen LogP contribution >= 0.6 is 0 Å². The fraction of sp³-hybridized carbons (Fsp3) is 0.448. The molecule has 0 radical (unpaired) electrons. The Morgan fingerprint density at radius 1 is 1.03 bits per heavy atom. The van der Waals surface area contributed by atoms with Crippen molar-refractivity contribution in [2.75, 3.05) is 11.9 Å². The van der Waals surface area contributed by atoms with Gasteiger partial charge < -0.3 is 14.5 Å². The molecule has 1 N–H and O–H groups in total. The van der Waals surface area contributed by atoms with Gasteiger partial charge in [0.1, 0.15) is 5.60 Å². The van der Waals surface area contributed by atoms with Gasteiger partial charge in [-0.2, -0.15) is 15.3 Å². The molecule has 10 heteroatoms. The number of amides is 1. The Kier molecular flexibility index (Phi) is 6.20. The molecule has 0 spiro atoms. The van der Waals surface area contributed by atoms with E-state index in [1.807, 2.05) is 63.1 Å². The molecule has 2 aliphatic rings. The third-order valence-electron chi connectivity index (χ3n) is 7.85. The van der Waals surface area contributed by atoms with Crippen LogP contribution in [0.2, 0.25) is 0 Å². The van der Waals surface area contributed by atoms with Crippen LogP contribution in [0, 0.1) is 6.92 Å². The summed E-state index contributed by atoms with van der Waals surface area (Å²) in [5, 5.41) is 25.8. The molecule has 2 fully saturated rings. The van der Waals surface area contributed by atoms with E-state index in [1.165, 1.54) is 0 Å². The summed E-state index contributed by atoms with van der Waals surface area (Å²) in [6.07, 6.45) is 7.24. The lowest BCUT2D eigenvalue weighted by Crippen LogP contribution is -2.53. The summed E-state index contributed by atoms with van der Waals surface area (Å²) in [7, 11) is 2.07. The Morgan fingerprint density at radius 2 is 1.77 bits per heavy atom. The van der Waals surface area contributed by atoms with Crippen molar-refractivity contribution in [2.24, 2.45) is 0 Å². The van der Waals surface area contributed by atoms with Gasteiger partial charge in [-0.15, -0.1) is 10.2 Å². The van der Waals surface area contributed by atoms with Gasteiger partial charge in [-0.25, -0.2) is 4.79 Å². The lowest BCUT2D eigenvalue weighted by molar-refractivity contribution is 0.00597. The normalized spacial score (nSPS) is 20.8. The summed E-state index contributed by atoms with van der Waals surface area (Å²) in [5.74, 6) is 0.824. The third kappa shape index (κ3) is 4.79. The number of hydrogen-bond donors (Lipinski definition) is 1. The number of nitrogens with zero attached hydrogens (tertiary/aromatic N) is 7. The van der Waals surface area contributed by atoms with E-state index < -0.39 is 5.60 Å². The quantitative estimate of drug-likeness (QED) is 0.388. The number of hydrogen-bond acceptors (Lipinski definition) is 8. The van der Waals surface area contributed by atoms with Crippen molar-refractivity contribution < 1.29 is 9.53 Å². The number of piperidine rings is 1. The van der Waals surface area contributed by atoms with Crippen molar-refractivity contribution in [1.29, 1.82) is 0 Å². The fourth-order valence-corrected chi connectivity index (χ4v) is 6.04. The summed E-state index contributed by atoms with van der Waals surface area (Å²) in [5.41, 5.74) is 5.03. The van der Waals surface area contributed by atoms with Crippen molar-refractivity contribution in [3.63, 3.8) is 0 Å². The summed E-state index contributed by atoms with van der Waals surface area (Å²) in [4.78, 5) is 17.0. The maximum absolute atomic E-state index is 12.8. The van der Waals surface area contributed by atoms with E-state index in [0.717, 1.165) is 70.5 Å². The molecule has 10 nitrogen and oxygen atoms in total. The van der Waals surface area contributed by atoms with Crippen LogP contribution in [0.4, 0.5) is 10.6 Å². The lowest BCUT2D eigenvalue weighted by Gasteiger charge is -2.42. The highest BCUT2D eigenvalue weighted by Crippen LogP contribution is 2.39. The Morgan fingerprint density at radius 3 is 2.44 bits per heavy atom. The monoisotopic (exact) mass is 526 g/mol. The van der Waals surface area contributed by atoms with Crippen LogP contribution < -0.4 is 4.90 Å². The van der Waals surface area contributed by atoms with E-state index in [-0.39, 0.29) is 24.2 Å². The molecule has 202 valence electrons. The summed E-state index contributed by atoms with van der Waals surface area (Å²) < 4.78 is 5.69. The number of aromatic amines is 1. The van der Waals surface area contributed by atoms with Crippen LogP contribution in [0.15, 0.2) is 42.7 Å². The van der Waals surface area contributed by atoms with Gasteiger partial charge in [-0.1, -0.05) is 6.07 Å². The lowest BCUT2D eigenvalue weighted by atomic mass is 9.96. The van der Waals surface area contributed by atoms with Crippen LogP contribution in [0.5, 0.6) is 0 Å². The van der Waals surface area contributed by atoms with Crippen LogP contribution in [0.1, 0.15) is 52.1 Å². The zero-order chi connectivity index (χ0) is 27.3. The van der Waals surface area contributed by atoms with Crippen LogP contribution in [0.3, 0.4) is 0 Å². The number of carbonyl (C=O) groups is 1. The van der Waals surface area contributed by atoms with E-state index in [1.54, 1.807) is 6.20 Å². The van der Waals surface area contributed by atoms with Crippen LogP contribution in [-0.4, -0.2) is 72.4 Å². The molecule has 5 heterocycles. The third-order valence-corrected chi connectivity index (χ3v) is 7.85. The largest absolute Gasteiger partial charge is 0.444 e. The molecule has 0 aliphatic carbocycles. The molecule has 2 aliphatic heterocycles. The maximum atomic E-state index is 12.8. The minimum atomic E-state index is -0.487. The highest BCUT2D eigenvalue weighted by Gasteiger charge is 2.46. The summed E-state index contributed by atoms with van der Waals surface area (Å²) >= 11 is 0. The molecule has 1 amide bonds. The van der Waals surface area contributed by atoms with E-state index in [0.29, 0.717) is 0 Å². The average Bonchev–Trinajstić information content (AvgIpc) is 3.49. The fourth-order valence-electron chi connectivity index (χ4n) is 6.04. The summed E-state index contributed by atoms with van der Waals surface area (Å²) in [6.45, 7) is 7.68. The molecular formula is C29H34N8O2. The van der Waals surface area contributed by atoms with Gasteiger partial charge in [-0.3, -0.25) is 5.10 Å². The Hall–Kier alpha value is -4.08. The number of fused-ring (bicyclic) bond motifs is 3. The molecule has 2 saturated heterocycles. The molecule has 0 saturated carbocycles. The highest BCUT2D eigenvalue weighted by molar-refractivity contribution is 6.01. The molecule has 2 bridgehead atoms. The first kappa shape index (κ1) is 25.2. The number of H-pyrrole nitrogens is 1. The van der Waals surface area contributed by atoms with Gasteiger partial charge in [0.2, 0.25) is 0 Å². The van der Waals surface area contributed by atoms with E-state index >= 15 is 0 Å². The maximum Gasteiger partial charge on any atom is 0.410 e. The Bertz CT molecular complexity index is 1500. The second-order valence-electron chi connectivity index (χ2n) is 11.7. The standard InChI is InChI=1S/C29H34N8O2/c1-17-12-18(15-30-32-17)22-8-9-23(27-24(22)16-31-35-27)25-10-11-26(34-33-25)36(5)21-13-19-6-7-20(14-21)37(19)28(38)39-29(2,3)4/h8-12,15-16,19-21H,6-7,13-14H2,1-5H3,(H,31,35). The average molecular weight is 527 g/mol. The van der Waals surface area contributed by atoms with Crippen molar-refractivity contribution in [3.8, 4) is 22.4 Å². The van der Waals surface area contributed by atoms with Gasteiger partial charge in [-0.05, 0) is 83.2 Å². The van der Waals surface area contributed by atoms with Gasteiger partial charge in [0.15, 0.2) is 5.82 Å². The number of benzene rings is 1. The molecule has 2 atom stereocenters. The zero-order valence-electron chi connectivity index (χ0n) is 23.0. The van der Waals surface area contributed by atoms with Crippen molar-refractivity contribution in [1.82, 2.24) is 35.5 Å². The number of rotatable bonds is 4. The van der Waals surface area contributed by atoms with Crippen LogP contribution in [0.25, 0.3) is 33.3 Å². The van der Waals surface area contributed by atoms with Gasteiger partial charge >= 0.3 is 6.09 Å². The minimum absolute atomic E-state index is 0.188. The molecule has 6 rings (SSSR count). The van der Waals surface area contributed by atoms with Crippen molar-refractivity contribution >= 4 is 22.8 Å². The zero-order valence-corrected chi connectivity index (χ0v) is 23.0. The number of aryl methyl sites for hydroxylation is 1. The Labute approximate surface area is 227 Å². The minimum Gasteiger partial charge on any atom is -0.444 e. The van der Waals surface area contributed by atoms with Crippen molar-refractivity contribution in [2.45, 2.75) is 77.1 Å². The van der Waals surface area contributed by atoms with Crippen molar-refractivity contribution in [3.05, 3.63) is 48.4 Å².